The van der Waals surface area contributed by atoms with Gasteiger partial charge in [-0.1, -0.05) is 0 Å². The Balaban J connectivity index is 2.04. The van der Waals surface area contributed by atoms with Crippen molar-refractivity contribution in [2.45, 2.75) is 10.4 Å². The molecular weight excluding hydrogens is 295 g/mol. The van der Waals surface area contributed by atoms with Gasteiger partial charge in [0, 0.05) is 15.8 Å². The summed E-state index contributed by atoms with van der Waals surface area (Å²) in [6, 6.07) is 7.05. The summed E-state index contributed by atoms with van der Waals surface area (Å²) in [7, 11) is 0. The van der Waals surface area contributed by atoms with Gasteiger partial charge < -0.3 is 5.32 Å². The maximum atomic E-state index is 12.1. The molecule has 2 nitrogen and oxygen atoms in total. The molecule has 0 unspecified atom stereocenters. The molecule has 0 saturated heterocycles. The third kappa shape index (κ3) is 4.29. The lowest BCUT2D eigenvalue weighted by molar-refractivity contribution is -0.0328. The van der Waals surface area contributed by atoms with Crippen LogP contribution in [0.1, 0.15) is 10.4 Å². The number of benzene rings is 1. The molecule has 1 aromatic heterocycles. The molecular formula is C12H8F3NOS2. The molecule has 0 bridgehead atoms. The smallest absolute Gasteiger partial charge is 0.321 e. The first-order valence-corrected chi connectivity index (χ1v) is 6.89. The van der Waals surface area contributed by atoms with Gasteiger partial charge in [0.05, 0.1) is 5.69 Å². The number of thiophene rings is 1. The van der Waals surface area contributed by atoms with E-state index in [4.69, 9.17) is 0 Å². The average molecular weight is 303 g/mol. The van der Waals surface area contributed by atoms with E-state index in [9.17, 15) is 18.0 Å². The Morgan fingerprint density at radius 3 is 2.37 bits per heavy atom. The number of hydrogen-bond donors (Lipinski definition) is 1. The molecule has 0 aliphatic rings. The number of carbonyl (C=O) groups is 1. The monoisotopic (exact) mass is 303 g/mol. The van der Waals surface area contributed by atoms with E-state index in [1.807, 2.05) is 5.38 Å². The number of thioether (sulfide) groups is 1. The minimum atomic E-state index is -4.32. The number of nitrogens with one attached hydrogen (secondary N) is 1. The van der Waals surface area contributed by atoms with Gasteiger partial charge in [0.1, 0.15) is 0 Å². The Morgan fingerprint density at radius 1 is 1.16 bits per heavy atom. The van der Waals surface area contributed by atoms with Crippen LogP contribution in [0.3, 0.4) is 0 Å². The van der Waals surface area contributed by atoms with Crippen LogP contribution in [0.5, 0.6) is 0 Å². The van der Waals surface area contributed by atoms with E-state index < -0.39 is 5.51 Å². The van der Waals surface area contributed by atoms with E-state index in [2.05, 4.69) is 5.32 Å². The topological polar surface area (TPSA) is 29.1 Å². The molecule has 7 heteroatoms. The van der Waals surface area contributed by atoms with Crippen LogP contribution in [0, 0.1) is 0 Å². The van der Waals surface area contributed by atoms with Gasteiger partial charge in [-0.05, 0) is 47.5 Å². The highest BCUT2D eigenvalue weighted by Gasteiger charge is 2.29. The SMILES string of the molecule is O=C(Nc1ccsc1)c1ccc(SC(F)(F)F)cc1. The molecule has 2 aromatic rings. The van der Waals surface area contributed by atoms with E-state index in [0.29, 0.717) is 11.3 Å². The Labute approximate surface area is 115 Å². The van der Waals surface area contributed by atoms with Crippen molar-refractivity contribution in [3.05, 3.63) is 46.7 Å². The Hall–Kier alpha value is -1.47. The lowest BCUT2D eigenvalue weighted by Crippen LogP contribution is -2.11. The van der Waals surface area contributed by atoms with Gasteiger partial charge in [-0.3, -0.25) is 4.79 Å². The fourth-order valence-electron chi connectivity index (χ4n) is 1.35. The van der Waals surface area contributed by atoms with E-state index in [0.717, 1.165) is 0 Å². The Bertz CT molecular complexity index is 549. The van der Waals surface area contributed by atoms with Crippen molar-refractivity contribution in [2.75, 3.05) is 5.32 Å². The molecule has 1 amide bonds. The average Bonchev–Trinajstić information content (AvgIpc) is 2.80. The highest BCUT2D eigenvalue weighted by molar-refractivity contribution is 8.00. The first kappa shape index (κ1) is 14.0. The van der Waals surface area contributed by atoms with Crippen molar-refractivity contribution in [1.29, 1.82) is 0 Å². The van der Waals surface area contributed by atoms with E-state index in [-0.39, 0.29) is 22.6 Å². The number of anilines is 1. The highest BCUT2D eigenvalue weighted by atomic mass is 32.2. The van der Waals surface area contributed by atoms with Crippen LogP contribution in [0.2, 0.25) is 0 Å². The lowest BCUT2D eigenvalue weighted by atomic mass is 10.2. The zero-order chi connectivity index (χ0) is 13.9. The van der Waals surface area contributed by atoms with Crippen molar-refractivity contribution in [2.24, 2.45) is 0 Å². The fraction of sp³-hybridized carbons (Fsp3) is 0.0833. The second-order valence-electron chi connectivity index (χ2n) is 3.54. The third-order valence-corrected chi connectivity index (χ3v) is 3.55. The van der Waals surface area contributed by atoms with Gasteiger partial charge in [-0.25, -0.2) is 0 Å². The van der Waals surface area contributed by atoms with Crippen molar-refractivity contribution >= 4 is 34.7 Å². The van der Waals surface area contributed by atoms with Crippen LogP contribution >= 0.6 is 23.1 Å². The molecule has 1 heterocycles. The third-order valence-electron chi connectivity index (χ3n) is 2.13. The van der Waals surface area contributed by atoms with Crippen LogP contribution in [-0.2, 0) is 0 Å². The standard InChI is InChI=1S/C12H8F3NOS2/c13-12(14,15)19-10-3-1-8(2-4-10)11(17)16-9-5-6-18-7-9/h1-7H,(H,16,17). The van der Waals surface area contributed by atoms with Crippen LogP contribution in [-0.4, -0.2) is 11.4 Å². The second-order valence-corrected chi connectivity index (χ2v) is 5.46. The van der Waals surface area contributed by atoms with Crippen molar-refractivity contribution in [3.63, 3.8) is 0 Å². The number of alkyl halides is 3. The zero-order valence-electron chi connectivity index (χ0n) is 9.40. The summed E-state index contributed by atoms with van der Waals surface area (Å²) in [5.74, 6) is -0.345. The lowest BCUT2D eigenvalue weighted by Gasteiger charge is -2.06. The Kier molecular flexibility index (Phi) is 4.16. The van der Waals surface area contributed by atoms with E-state index >= 15 is 0 Å². The largest absolute Gasteiger partial charge is 0.446 e. The molecule has 2 rings (SSSR count). The van der Waals surface area contributed by atoms with E-state index in [1.165, 1.54) is 35.6 Å². The van der Waals surface area contributed by atoms with Crippen molar-refractivity contribution in [1.82, 2.24) is 0 Å². The molecule has 0 radical (unpaired) electrons. The summed E-state index contributed by atoms with van der Waals surface area (Å²) in [6.45, 7) is 0. The van der Waals surface area contributed by atoms with Crippen LogP contribution in [0.25, 0.3) is 0 Å². The van der Waals surface area contributed by atoms with Gasteiger partial charge in [0.2, 0.25) is 0 Å². The summed E-state index contributed by atoms with van der Waals surface area (Å²) < 4.78 is 36.4. The van der Waals surface area contributed by atoms with Gasteiger partial charge in [0.15, 0.2) is 0 Å². The number of hydrogen-bond acceptors (Lipinski definition) is 3. The summed E-state index contributed by atoms with van der Waals surface area (Å²) in [5.41, 5.74) is -3.33. The fourth-order valence-corrected chi connectivity index (χ4v) is 2.47. The molecule has 19 heavy (non-hydrogen) atoms. The predicted octanol–water partition coefficient (Wildman–Crippen LogP) is 4.61. The molecule has 1 aromatic carbocycles. The minimum Gasteiger partial charge on any atom is -0.321 e. The summed E-state index contributed by atoms with van der Waals surface area (Å²) in [6.07, 6.45) is 0. The molecule has 0 aliphatic carbocycles. The molecule has 1 N–H and O–H groups in total. The second kappa shape index (κ2) is 5.66. The van der Waals surface area contributed by atoms with Crippen LogP contribution < -0.4 is 5.32 Å². The van der Waals surface area contributed by atoms with Crippen LogP contribution in [0.4, 0.5) is 18.9 Å². The van der Waals surface area contributed by atoms with E-state index in [1.54, 1.807) is 11.4 Å². The summed E-state index contributed by atoms with van der Waals surface area (Å²) in [4.78, 5) is 11.8. The number of carbonyl (C=O) groups excluding carboxylic acids is 1. The molecule has 100 valence electrons. The van der Waals surface area contributed by atoms with Crippen LogP contribution in [0.15, 0.2) is 46.0 Å². The van der Waals surface area contributed by atoms with Crippen molar-refractivity contribution < 1.29 is 18.0 Å². The highest BCUT2D eigenvalue weighted by Crippen LogP contribution is 2.36. The normalized spacial score (nSPS) is 11.3. The molecule has 0 saturated carbocycles. The Morgan fingerprint density at radius 2 is 1.84 bits per heavy atom. The number of halogens is 3. The maximum Gasteiger partial charge on any atom is 0.446 e. The molecule has 0 atom stereocenters. The zero-order valence-corrected chi connectivity index (χ0v) is 11.0. The van der Waals surface area contributed by atoms with Gasteiger partial charge in [-0.2, -0.15) is 24.5 Å². The molecule has 0 fully saturated rings. The first-order valence-electron chi connectivity index (χ1n) is 5.13. The van der Waals surface area contributed by atoms with Gasteiger partial charge in [-0.15, -0.1) is 0 Å². The quantitative estimate of drug-likeness (QED) is 0.839. The summed E-state index contributed by atoms with van der Waals surface area (Å²) >= 11 is 1.24. The predicted molar refractivity (Wildman–Crippen MR) is 70.6 cm³/mol. The summed E-state index contributed by atoms with van der Waals surface area (Å²) in [5, 5.41) is 6.24. The van der Waals surface area contributed by atoms with Gasteiger partial charge >= 0.3 is 5.51 Å². The van der Waals surface area contributed by atoms with Crippen molar-refractivity contribution in [3.8, 4) is 0 Å². The number of rotatable bonds is 3. The maximum absolute atomic E-state index is 12.1. The molecule has 0 spiro atoms. The number of amides is 1. The van der Waals surface area contributed by atoms with Gasteiger partial charge in [0.25, 0.3) is 5.91 Å². The molecule has 0 aliphatic heterocycles. The minimum absolute atomic E-state index is 0.0552. The first-order chi connectivity index (χ1) is 8.94.